The highest BCUT2D eigenvalue weighted by Crippen LogP contribution is 2.27. The van der Waals surface area contributed by atoms with E-state index in [-0.39, 0.29) is 11.9 Å². The van der Waals surface area contributed by atoms with Gasteiger partial charge >= 0.3 is 6.03 Å². The van der Waals surface area contributed by atoms with Crippen molar-refractivity contribution in [3.63, 3.8) is 0 Å². The summed E-state index contributed by atoms with van der Waals surface area (Å²) in [4.78, 5) is 18.3. The number of aliphatic hydroxyl groups is 1. The van der Waals surface area contributed by atoms with Crippen molar-refractivity contribution in [3.8, 4) is 0 Å². The minimum Gasteiger partial charge on any atom is -0.390 e. The number of hydrogen-bond acceptors (Lipinski definition) is 4. The van der Waals surface area contributed by atoms with Crippen LogP contribution >= 0.6 is 0 Å². The Kier molecular flexibility index (Phi) is 4.51. The number of urea groups is 1. The lowest BCUT2D eigenvalue weighted by molar-refractivity contribution is -0.00973. The van der Waals surface area contributed by atoms with Crippen molar-refractivity contribution >= 4 is 12.0 Å². The van der Waals surface area contributed by atoms with E-state index in [0.717, 1.165) is 25.1 Å². The first-order valence-electron chi connectivity index (χ1n) is 7.49. The first kappa shape index (κ1) is 15.8. The Morgan fingerprint density at radius 1 is 1.52 bits per heavy atom. The molecular formula is C14H25N5O2. The van der Waals surface area contributed by atoms with Crippen LogP contribution < -0.4 is 5.32 Å². The zero-order valence-electron chi connectivity index (χ0n) is 13.3. The second-order valence-corrected chi connectivity index (χ2v) is 6.20. The lowest BCUT2D eigenvalue weighted by atomic mass is 9.84. The molecule has 1 saturated heterocycles. The highest BCUT2D eigenvalue weighted by atomic mass is 16.3. The van der Waals surface area contributed by atoms with Gasteiger partial charge in [0.1, 0.15) is 5.82 Å². The summed E-state index contributed by atoms with van der Waals surface area (Å²) in [6, 6.07) is -0.197. The number of rotatable bonds is 3. The van der Waals surface area contributed by atoms with E-state index >= 15 is 0 Å². The van der Waals surface area contributed by atoms with Gasteiger partial charge in [0, 0.05) is 32.5 Å². The van der Waals surface area contributed by atoms with E-state index in [1.54, 1.807) is 23.4 Å². The molecule has 2 heterocycles. The van der Waals surface area contributed by atoms with Crippen LogP contribution in [0.2, 0.25) is 0 Å². The van der Waals surface area contributed by atoms with Gasteiger partial charge in [-0.25, -0.2) is 4.79 Å². The van der Waals surface area contributed by atoms with Crippen LogP contribution in [-0.4, -0.2) is 49.5 Å². The second-order valence-electron chi connectivity index (χ2n) is 6.20. The van der Waals surface area contributed by atoms with Gasteiger partial charge in [-0.1, -0.05) is 6.92 Å². The fourth-order valence-corrected chi connectivity index (χ4v) is 2.69. The Bertz CT molecular complexity index is 506. The molecule has 1 aliphatic heterocycles. The van der Waals surface area contributed by atoms with Crippen LogP contribution in [0, 0.1) is 5.92 Å². The molecule has 0 spiro atoms. The van der Waals surface area contributed by atoms with Crippen molar-refractivity contribution in [2.75, 3.05) is 18.4 Å². The minimum atomic E-state index is -0.766. The molecule has 1 aromatic rings. The lowest BCUT2D eigenvalue weighted by Crippen LogP contribution is -2.48. The summed E-state index contributed by atoms with van der Waals surface area (Å²) in [5.74, 6) is 1.27. The zero-order valence-corrected chi connectivity index (χ0v) is 13.3. The van der Waals surface area contributed by atoms with Crippen LogP contribution in [0.15, 0.2) is 0 Å². The Morgan fingerprint density at radius 2 is 2.24 bits per heavy atom. The number of likely N-dealkylation sites (tertiary alicyclic amines) is 1. The van der Waals surface area contributed by atoms with Gasteiger partial charge in [0.05, 0.1) is 5.60 Å². The van der Waals surface area contributed by atoms with Gasteiger partial charge in [-0.2, -0.15) is 4.98 Å². The summed E-state index contributed by atoms with van der Waals surface area (Å²) in [7, 11) is 1.81. The Morgan fingerprint density at radius 3 is 2.81 bits per heavy atom. The predicted octanol–water partition coefficient (Wildman–Crippen LogP) is 1.39. The average molecular weight is 295 g/mol. The fraction of sp³-hybridized carbons (Fsp3) is 0.786. The molecule has 0 aliphatic carbocycles. The van der Waals surface area contributed by atoms with Crippen molar-refractivity contribution in [2.45, 2.75) is 45.6 Å². The molecule has 7 nitrogen and oxygen atoms in total. The van der Waals surface area contributed by atoms with Crippen LogP contribution in [0.25, 0.3) is 0 Å². The van der Waals surface area contributed by atoms with Crippen LogP contribution in [0.5, 0.6) is 0 Å². The molecule has 21 heavy (non-hydrogen) atoms. The van der Waals surface area contributed by atoms with Crippen LogP contribution in [-0.2, 0) is 13.5 Å². The van der Waals surface area contributed by atoms with E-state index in [2.05, 4.69) is 15.4 Å². The summed E-state index contributed by atoms with van der Waals surface area (Å²) >= 11 is 0. The fourth-order valence-electron chi connectivity index (χ4n) is 2.69. The number of aryl methyl sites for hydroxylation is 2. The first-order valence-corrected chi connectivity index (χ1v) is 7.49. The maximum atomic E-state index is 12.3. The van der Waals surface area contributed by atoms with E-state index in [1.807, 2.05) is 14.0 Å². The largest absolute Gasteiger partial charge is 0.390 e. The summed E-state index contributed by atoms with van der Waals surface area (Å²) in [5, 5.41) is 17.0. The number of hydrogen-bond donors (Lipinski definition) is 2. The van der Waals surface area contributed by atoms with E-state index in [9.17, 15) is 9.90 Å². The predicted molar refractivity (Wildman–Crippen MR) is 80.0 cm³/mol. The SMILES string of the molecule is CCc1nc(NC(=O)N2CCC[C@H](C(C)(C)O)C2)nn1C. The number of carbonyl (C=O) groups is 1. The van der Waals surface area contributed by atoms with Gasteiger partial charge in [-0.3, -0.25) is 10.00 Å². The van der Waals surface area contributed by atoms with Crippen LogP contribution in [0.1, 0.15) is 39.4 Å². The molecule has 2 N–H and O–H groups in total. The third kappa shape index (κ3) is 3.72. The third-order valence-electron chi connectivity index (χ3n) is 4.10. The normalized spacial score (nSPS) is 19.7. The smallest absolute Gasteiger partial charge is 0.324 e. The number of carbonyl (C=O) groups excluding carboxylic acids is 1. The quantitative estimate of drug-likeness (QED) is 0.882. The topological polar surface area (TPSA) is 83.3 Å². The van der Waals surface area contributed by atoms with Crippen molar-refractivity contribution in [1.29, 1.82) is 0 Å². The van der Waals surface area contributed by atoms with E-state index in [1.165, 1.54) is 0 Å². The van der Waals surface area contributed by atoms with Crippen molar-refractivity contribution in [3.05, 3.63) is 5.82 Å². The summed E-state index contributed by atoms with van der Waals surface area (Å²) in [5.41, 5.74) is -0.766. The van der Waals surface area contributed by atoms with Crippen molar-refractivity contribution < 1.29 is 9.90 Å². The standard InChI is InChI=1S/C14H25N5O2/c1-5-11-15-12(17-18(11)4)16-13(20)19-8-6-7-10(9-19)14(2,3)21/h10,21H,5-9H2,1-4H3,(H,16,17,20)/t10-/m0/s1. The molecule has 1 aromatic heterocycles. The highest BCUT2D eigenvalue weighted by Gasteiger charge is 2.33. The van der Waals surface area contributed by atoms with Gasteiger partial charge in [-0.05, 0) is 26.7 Å². The number of nitrogens with one attached hydrogen (secondary N) is 1. The van der Waals surface area contributed by atoms with E-state index < -0.39 is 5.60 Å². The molecule has 0 bridgehead atoms. The Labute approximate surface area is 125 Å². The summed E-state index contributed by atoms with van der Waals surface area (Å²) in [6.07, 6.45) is 2.61. The van der Waals surface area contributed by atoms with Gasteiger partial charge in [-0.15, -0.1) is 5.10 Å². The van der Waals surface area contributed by atoms with Gasteiger partial charge < -0.3 is 10.0 Å². The van der Waals surface area contributed by atoms with Crippen LogP contribution in [0.3, 0.4) is 0 Å². The maximum absolute atomic E-state index is 12.3. The molecule has 7 heteroatoms. The van der Waals surface area contributed by atoms with Crippen molar-refractivity contribution in [1.82, 2.24) is 19.7 Å². The molecule has 0 aromatic carbocycles. The Hall–Kier alpha value is -1.63. The molecule has 1 fully saturated rings. The number of piperidine rings is 1. The van der Waals surface area contributed by atoms with Gasteiger partial charge in [0.25, 0.3) is 0 Å². The molecule has 1 aliphatic rings. The molecule has 0 radical (unpaired) electrons. The molecular weight excluding hydrogens is 270 g/mol. The Balaban J connectivity index is 1.99. The van der Waals surface area contributed by atoms with Crippen LogP contribution in [0.4, 0.5) is 10.7 Å². The minimum absolute atomic E-state index is 0.0971. The number of amides is 2. The zero-order chi connectivity index (χ0) is 15.6. The van der Waals surface area contributed by atoms with E-state index in [4.69, 9.17) is 0 Å². The summed E-state index contributed by atoms with van der Waals surface area (Å²) in [6.45, 7) is 6.85. The molecule has 0 saturated carbocycles. The third-order valence-corrected chi connectivity index (χ3v) is 4.10. The number of nitrogens with zero attached hydrogens (tertiary/aromatic N) is 4. The number of anilines is 1. The molecule has 2 amide bonds. The van der Waals surface area contributed by atoms with Gasteiger partial charge in [0.2, 0.25) is 5.95 Å². The van der Waals surface area contributed by atoms with Crippen molar-refractivity contribution in [2.24, 2.45) is 13.0 Å². The first-order chi connectivity index (χ1) is 9.81. The molecule has 118 valence electrons. The van der Waals surface area contributed by atoms with Gasteiger partial charge in [0.15, 0.2) is 0 Å². The summed E-state index contributed by atoms with van der Waals surface area (Å²) < 4.78 is 1.67. The average Bonchev–Trinajstić information content (AvgIpc) is 2.78. The monoisotopic (exact) mass is 295 g/mol. The second kappa shape index (κ2) is 6.01. The van der Waals surface area contributed by atoms with E-state index in [0.29, 0.717) is 19.0 Å². The lowest BCUT2D eigenvalue weighted by Gasteiger charge is -2.38. The molecule has 2 rings (SSSR count). The molecule has 1 atom stereocenters. The highest BCUT2D eigenvalue weighted by molar-refractivity contribution is 5.87. The maximum Gasteiger partial charge on any atom is 0.324 e. The number of aromatic nitrogens is 3. The molecule has 0 unspecified atom stereocenters.